The number of nitrogens with zero attached hydrogens (tertiary/aromatic N) is 3. The number of hydrogen-bond donors (Lipinski definition) is 1. The van der Waals surface area contributed by atoms with Crippen LogP contribution in [0.4, 0.5) is 0 Å². The van der Waals surface area contributed by atoms with E-state index in [0.717, 1.165) is 5.56 Å². The number of methoxy groups -OCH3 is 1. The van der Waals surface area contributed by atoms with Gasteiger partial charge in [0.2, 0.25) is 0 Å². The van der Waals surface area contributed by atoms with Crippen molar-refractivity contribution in [2.24, 2.45) is 12.8 Å². The second-order valence-corrected chi connectivity index (χ2v) is 4.10. The summed E-state index contributed by atoms with van der Waals surface area (Å²) < 4.78 is 12.4. The van der Waals surface area contributed by atoms with Crippen molar-refractivity contribution in [1.82, 2.24) is 14.8 Å². The monoisotopic (exact) mass is 262 g/mol. The lowest BCUT2D eigenvalue weighted by atomic mass is 10.1. The quantitative estimate of drug-likeness (QED) is 0.878. The summed E-state index contributed by atoms with van der Waals surface area (Å²) in [5.74, 6) is 1.94. The molecule has 1 heterocycles. The summed E-state index contributed by atoms with van der Waals surface area (Å²) in [5, 5.41) is 4.21. The van der Waals surface area contributed by atoms with Crippen LogP contribution in [0.5, 0.6) is 11.5 Å². The number of benzene rings is 1. The molecule has 2 rings (SSSR count). The number of aromatic nitrogens is 3. The molecule has 0 fully saturated rings. The molecule has 19 heavy (non-hydrogen) atoms. The van der Waals surface area contributed by atoms with E-state index in [1.807, 2.05) is 32.2 Å². The number of rotatable bonds is 5. The van der Waals surface area contributed by atoms with Gasteiger partial charge in [-0.05, 0) is 24.6 Å². The zero-order valence-corrected chi connectivity index (χ0v) is 11.3. The topological polar surface area (TPSA) is 75.2 Å². The standard InChI is InChI=1S/C13H18N4O2/c1-4-19-10-6-5-9(7-11(10)18-3)12(14)13-15-8-17(2)16-13/h5-8,12H,4,14H2,1-3H3. The second-order valence-electron chi connectivity index (χ2n) is 4.10. The SMILES string of the molecule is CCOc1ccc(C(N)c2ncn(C)n2)cc1OC. The normalized spacial score (nSPS) is 12.2. The van der Waals surface area contributed by atoms with Gasteiger partial charge < -0.3 is 15.2 Å². The van der Waals surface area contributed by atoms with Crippen molar-refractivity contribution in [3.8, 4) is 11.5 Å². The third-order valence-corrected chi connectivity index (χ3v) is 2.74. The van der Waals surface area contributed by atoms with Gasteiger partial charge in [0.25, 0.3) is 0 Å². The van der Waals surface area contributed by atoms with E-state index in [9.17, 15) is 0 Å². The van der Waals surface area contributed by atoms with Crippen molar-refractivity contribution in [2.45, 2.75) is 13.0 Å². The summed E-state index contributed by atoms with van der Waals surface area (Å²) in [5.41, 5.74) is 7.02. The molecule has 0 aliphatic heterocycles. The molecule has 0 bridgehead atoms. The van der Waals surface area contributed by atoms with Crippen LogP contribution >= 0.6 is 0 Å². The highest BCUT2D eigenvalue weighted by atomic mass is 16.5. The molecule has 0 aliphatic rings. The third-order valence-electron chi connectivity index (χ3n) is 2.74. The van der Waals surface area contributed by atoms with Crippen molar-refractivity contribution in [3.63, 3.8) is 0 Å². The van der Waals surface area contributed by atoms with Gasteiger partial charge >= 0.3 is 0 Å². The van der Waals surface area contributed by atoms with E-state index in [0.29, 0.717) is 23.9 Å². The van der Waals surface area contributed by atoms with Crippen molar-refractivity contribution >= 4 is 0 Å². The van der Waals surface area contributed by atoms with Gasteiger partial charge in [0, 0.05) is 7.05 Å². The van der Waals surface area contributed by atoms with Crippen LogP contribution in [0.2, 0.25) is 0 Å². The molecular weight excluding hydrogens is 244 g/mol. The van der Waals surface area contributed by atoms with E-state index in [2.05, 4.69) is 10.1 Å². The van der Waals surface area contributed by atoms with E-state index >= 15 is 0 Å². The second kappa shape index (κ2) is 5.71. The largest absolute Gasteiger partial charge is 0.493 e. The maximum atomic E-state index is 6.14. The third kappa shape index (κ3) is 2.85. The average Bonchev–Trinajstić information content (AvgIpc) is 2.85. The van der Waals surface area contributed by atoms with Gasteiger partial charge in [-0.25, -0.2) is 4.98 Å². The summed E-state index contributed by atoms with van der Waals surface area (Å²) in [4.78, 5) is 4.16. The Bertz CT molecular complexity index is 553. The molecule has 0 spiro atoms. The molecule has 1 atom stereocenters. The van der Waals surface area contributed by atoms with Crippen molar-refractivity contribution in [3.05, 3.63) is 35.9 Å². The molecule has 0 saturated heterocycles. The Morgan fingerprint density at radius 1 is 1.37 bits per heavy atom. The molecule has 0 radical (unpaired) electrons. The minimum atomic E-state index is -0.384. The first-order chi connectivity index (χ1) is 9.15. The molecule has 0 saturated carbocycles. The molecule has 2 N–H and O–H groups in total. The predicted octanol–water partition coefficient (Wildman–Crippen LogP) is 1.27. The highest BCUT2D eigenvalue weighted by Gasteiger charge is 2.15. The highest BCUT2D eigenvalue weighted by Crippen LogP contribution is 2.30. The Kier molecular flexibility index (Phi) is 4.01. The predicted molar refractivity (Wildman–Crippen MR) is 71.2 cm³/mol. The molecule has 6 nitrogen and oxygen atoms in total. The molecule has 0 aliphatic carbocycles. The summed E-state index contributed by atoms with van der Waals surface area (Å²) in [6, 6.07) is 5.21. The first-order valence-corrected chi connectivity index (χ1v) is 6.07. The molecule has 1 unspecified atom stereocenters. The summed E-state index contributed by atoms with van der Waals surface area (Å²) in [6.45, 7) is 2.51. The number of hydrogen-bond acceptors (Lipinski definition) is 5. The van der Waals surface area contributed by atoms with E-state index in [-0.39, 0.29) is 6.04 Å². The van der Waals surface area contributed by atoms with Crippen LogP contribution in [-0.2, 0) is 7.05 Å². The van der Waals surface area contributed by atoms with Crippen LogP contribution in [0.15, 0.2) is 24.5 Å². The summed E-state index contributed by atoms with van der Waals surface area (Å²) >= 11 is 0. The zero-order chi connectivity index (χ0) is 13.8. The number of ether oxygens (including phenoxy) is 2. The van der Waals surface area contributed by atoms with E-state index < -0.39 is 0 Å². The molecule has 1 aromatic carbocycles. The Morgan fingerprint density at radius 2 is 2.16 bits per heavy atom. The fourth-order valence-electron chi connectivity index (χ4n) is 1.80. The fourth-order valence-corrected chi connectivity index (χ4v) is 1.80. The first-order valence-electron chi connectivity index (χ1n) is 6.07. The smallest absolute Gasteiger partial charge is 0.171 e. The van der Waals surface area contributed by atoms with Gasteiger partial charge in [-0.3, -0.25) is 4.68 Å². The number of nitrogens with two attached hydrogens (primary N) is 1. The number of aryl methyl sites for hydroxylation is 1. The van der Waals surface area contributed by atoms with E-state index in [1.54, 1.807) is 18.1 Å². The van der Waals surface area contributed by atoms with E-state index in [1.165, 1.54) is 0 Å². The van der Waals surface area contributed by atoms with Gasteiger partial charge in [0.1, 0.15) is 6.33 Å². The van der Waals surface area contributed by atoms with Crippen LogP contribution in [0.25, 0.3) is 0 Å². The van der Waals surface area contributed by atoms with Crippen LogP contribution in [0, 0.1) is 0 Å². The molecule has 2 aromatic rings. The van der Waals surface area contributed by atoms with Crippen LogP contribution < -0.4 is 15.2 Å². The lowest BCUT2D eigenvalue weighted by Gasteiger charge is -2.13. The van der Waals surface area contributed by atoms with Crippen LogP contribution in [0.1, 0.15) is 24.4 Å². The maximum absolute atomic E-state index is 6.14. The zero-order valence-electron chi connectivity index (χ0n) is 11.3. The van der Waals surface area contributed by atoms with Gasteiger partial charge in [0.05, 0.1) is 19.8 Å². The van der Waals surface area contributed by atoms with Crippen LogP contribution in [-0.4, -0.2) is 28.5 Å². The first kappa shape index (κ1) is 13.4. The van der Waals surface area contributed by atoms with E-state index in [4.69, 9.17) is 15.2 Å². The Labute approximate surface area is 112 Å². The minimum absolute atomic E-state index is 0.384. The highest BCUT2D eigenvalue weighted by molar-refractivity contribution is 5.44. The molecule has 6 heteroatoms. The lowest BCUT2D eigenvalue weighted by Crippen LogP contribution is -2.14. The van der Waals surface area contributed by atoms with Crippen LogP contribution in [0.3, 0.4) is 0 Å². The molecule has 0 amide bonds. The van der Waals surface area contributed by atoms with Crippen molar-refractivity contribution in [2.75, 3.05) is 13.7 Å². The maximum Gasteiger partial charge on any atom is 0.171 e. The minimum Gasteiger partial charge on any atom is -0.493 e. The molecular formula is C13H18N4O2. The Morgan fingerprint density at radius 3 is 2.74 bits per heavy atom. The van der Waals surface area contributed by atoms with Gasteiger partial charge in [-0.2, -0.15) is 5.10 Å². The molecule has 1 aromatic heterocycles. The Balaban J connectivity index is 2.30. The van der Waals surface area contributed by atoms with Gasteiger partial charge in [0.15, 0.2) is 17.3 Å². The van der Waals surface area contributed by atoms with Crippen molar-refractivity contribution in [1.29, 1.82) is 0 Å². The summed E-state index contributed by atoms with van der Waals surface area (Å²) in [6.07, 6.45) is 1.63. The fraction of sp³-hybridized carbons (Fsp3) is 0.385. The lowest BCUT2D eigenvalue weighted by molar-refractivity contribution is 0.310. The summed E-state index contributed by atoms with van der Waals surface area (Å²) in [7, 11) is 3.41. The van der Waals surface area contributed by atoms with Gasteiger partial charge in [-0.15, -0.1) is 0 Å². The average molecular weight is 262 g/mol. The Hall–Kier alpha value is -2.08. The van der Waals surface area contributed by atoms with Gasteiger partial charge in [-0.1, -0.05) is 6.07 Å². The molecule has 102 valence electrons. The van der Waals surface area contributed by atoms with Crippen molar-refractivity contribution < 1.29 is 9.47 Å².